The van der Waals surface area contributed by atoms with Gasteiger partial charge in [-0.05, 0) is 54.7 Å². The summed E-state index contributed by atoms with van der Waals surface area (Å²) in [7, 11) is 0. The number of aryl methyl sites for hydroxylation is 1. The summed E-state index contributed by atoms with van der Waals surface area (Å²) in [5.41, 5.74) is 3.20. The van der Waals surface area contributed by atoms with Crippen molar-refractivity contribution in [3.05, 3.63) is 84.2 Å². The molecular weight excluding hydrogens is 402 g/mol. The summed E-state index contributed by atoms with van der Waals surface area (Å²) in [6.07, 6.45) is 14.6. The fourth-order valence-electron chi connectivity index (χ4n) is 3.80. The van der Waals surface area contributed by atoms with Gasteiger partial charge in [-0.15, -0.1) is 10.2 Å². The monoisotopic (exact) mass is 427 g/mol. The lowest BCUT2D eigenvalue weighted by molar-refractivity contribution is 0.102. The third kappa shape index (κ3) is 4.23. The van der Waals surface area contributed by atoms with Crippen molar-refractivity contribution in [3.8, 4) is 17.3 Å². The molecule has 162 valence electrons. The zero-order valence-corrected chi connectivity index (χ0v) is 17.6. The first-order valence-electron chi connectivity index (χ1n) is 10.7. The number of anilines is 1. The summed E-state index contributed by atoms with van der Waals surface area (Å²) in [6, 6.07) is 11.3. The summed E-state index contributed by atoms with van der Waals surface area (Å²) >= 11 is 0. The Kier molecular flexibility index (Phi) is 5.61. The molecule has 0 atom stereocenters. The van der Waals surface area contributed by atoms with Gasteiger partial charge in [0.2, 0.25) is 0 Å². The molecule has 7 nitrogen and oxygen atoms in total. The van der Waals surface area contributed by atoms with Crippen molar-refractivity contribution >= 4 is 17.3 Å². The molecular formula is C25H25N5O2. The first kappa shape index (κ1) is 19.9. The fraction of sp³-hybridized carbons (Fsp3) is 0.200. The van der Waals surface area contributed by atoms with Crippen LogP contribution in [0.3, 0.4) is 0 Å². The molecule has 32 heavy (non-hydrogen) atoms. The molecule has 2 bridgehead atoms. The van der Waals surface area contributed by atoms with Gasteiger partial charge in [0.05, 0.1) is 12.2 Å². The predicted molar refractivity (Wildman–Crippen MR) is 125 cm³/mol. The number of nitrogens with one attached hydrogen (secondary N) is 1. The second kappa shape index (κ2) is 9.01. The highest BCUT2D eigenvalue weighted by molar-refractivity contribution is 6.06. The largest absolute Gasteiger partial charge is 0.493 e. The molecule has 1 N–H and O–H groups in total. The van der Waals surface area contributed by atoms with Gasteiger partial charge in [0.15, 0.2) is 5.82 Å². The van der Waals surface area contributed by atoms with Crippen LogP contribution in [-0.4, -0.2) is 32.3 Å². The van der Waals surface area contributed by atoms with Crippen LogP contribution in [-0.2, 0) is 6.54 Å². The summed E-state index contributed by atoms with van der Waals surface area (Å²) in [5, 5.41) is 11.2. The lowest BCUT2D eigenvalue weighted by Gasteiger charge is -2.15. The number of aromatic nitrogens is 4. The summed E-state index contributed by atoms with van der Waals surface area (Å²) in [4.78, 5) is 17.9. The van der Waals surface area contributed by atoms with Crippen LogP contribution in [0.1, 0.15) is 36.6 Å². The molecule has 1 aliphatic heterocycles. The van der Waals surface area contributed by atoms with Crippen LogP contribution in [0.2, 0.25) is 0 Å². The maximum Gasteiger partial charge on any atom is 0.260 e. The van der Waals surface area contributed by atoms with Crippen molar-refractivity contribution < 1.29 is 11.0 Å². The molecule has 0 radical (unpaired) electrons. The van der Waals surface area contributed by atoms with Crippen LogP contribution >= 0.6 is 0 Å². The van der Waals surface area contributed by atoms with Crippen molar-refractivity contribution in [1.82, 2.24) is 19.7 Å². The van der Waals surface area contributed by atoms with Gasteiger partial charge in [0, 0.05) is 7.97 Å². The molecule has 2 aliphatic rings. The summed E-state index contributed by atoms with van der Waals surface area (Å²) in [5.74, 6) is 1.44. The van der Waals surface area contributed by atoms with E-state index in [1.807, 2.05) is 53.1 Å². The van der Waals surface area contributed by atoms with Crippen LogP contribution in [0.25, 0.3) is 17.1 Å². The van der Waals surface area contributed by atoms with Gasteiger partial charge in [0.25, 0.3) is 5.91 Å². The van der Waals surface area contributed by atoms with Crippen LogP contribution in [0.4, 0.5) is 5.82 Å². The average Bonchev–Trinajstić information content (AvgIpc) is 3.11. The normalized spacial score (nSPS) is 16.0. The highest BCUT2D eigenvalue weighted by atomic mass is 16.5. The Morgan fingerprint density at radius 3 is 3.06 bits per heavy atom. The van der Waals surface area contributed by atoms with Crippen molar-refractivity contribution in [3.63, 3.8) is 0 Å². The first-order valence-corrected chi connectivity index (χ1v) is 10.7. The van der Waals surface area contributed by atoms with Crippen LogP contribution in [0.5, 0.6) is 5.75 Å². The molecule has 5 rings (SSSR count). The number of carbonyl (C=O) groups excluding carboxylic acids is 1. The van der Waals surface area contributed by atoms with Gasteiger partial charge in [-0.3, -0.25) is 4.79 Å². The van der Waals surface area contributed by atoms with Gasteiger partial charge in [-0.25, -0.2) is 4.98 Å². The molecule has 1 aromatic carbocycles. The van der Waals surface area contributed by atoms with E-state index in [4.69, 9.17) is 4.74 Å². The van der Waals surface area contributed by atoms with Crippen molar-refractivity contribution in [1.29, 1.82) is 0 Å². The van der Waals surface area contributed by atoms with E-state index in [1.165, 1.54) is 0 Å². The number of rotatable bonds is 1. The van der Waals surface area contributed by atoms with E-state index in [0.717, 1.165) is 36.9 Å². The molecule has 3 heterocycles. The highest BCUT2D eigenvalue weighted by Crippen LogP contribution is 2.28. The summed E-state index contributed by atoms with van der Waals surface area (Å²) in [6.45, 7) is 1.29. The van der Waals surface area contributed by atoms with Crippen LogP contribution in [0, 0.1) is 0 Å². The van der Waals surface area contributed by atoms with E-state index < -0.39 is 0 Å². The van der Waals surface area contributed by atoms with E-state index in [0.29, 0.717) is 35.3 Å². The molecule has 3 aromatic rings. The summed E-state index contributed by atoms with van der Waals surface area (Å²) < 4.78 is 8.00. The number of nitrogens with zero attached hydrogens (tertiary/aromatic N) is 4. The zero-order chi connectivity index (χ0) is 21.8. The average molecular weight is 428 g/mol. The zero-order valence-electron chi connectivity index (χ0n) is 17.6. The third-order valence-electron chi connectivity index (χ3n) is 5.44. The van der Waals surface area contributed by atoms with E-state index in [-0.39, 0.29) is 7.33 Å². The molecule has 0 unspecified atom stereocenters. The van der Waals surface area contributed by atoms with Gasteiger partial charge >= 0.3 is 0 Å². The molecule has 1 amide bonds. The predicted octanol–water partition coefficient (Wildman–Crippen LogP) is 4.91. The van der Waals surface area contributed by atoms with E-state index in [9.17, 15) is 4.79 Å². The number of pyridine rings is 1. The first-order chi connectivity index (χ1) is 15.8. The molecule has 1 aliphatic carbocycles. The second-order valence-electron chi connectivity index (χ2n) is 7.66. The topological polar surface area (TPSA) is 81.9 Å². The molecule has 0 saturated carbocycles. The molecule has 0 saturated heterocycles. The minimum absolute atomic E-state index is 0. The highest BCUT2D eigenvalue weighted by Gasteiger charge is 2.17. The van der Waals surface area contributed by atoms with Gasteiger partial charge < -0.3 is 14.6 Å². The molecule has 2 aromatic heterocycles. The van der Waals surface area contributed by atoms with Crippen LogP contribution < -0.4 is 10.1 Å². The van der Waals surface area contributed by atoms with Gasteiger partial charge in [0.1, 0.15) is 23.6 Å². The molecule has 7 heteroatoms. The minimum Gasteiger partial charge on any atom is -0.493 e. The maximum absolute atomic E-state index is 13.3. The Morgan fingerprint density at radius 1 is 1.12 bits per heavy atom. The third-order valence-corrected chi connectivity index (χ3v) is 5.44. The Hall–Kier alpha value is -4.00. The standard InChI is InChI=1S/C25H23N5O2.H2/c31-25-20-16-19(18-8-3-1-2-4-9-18)12-13-22(20)32-15-6-5-14-30-17-26-29-24(30)21-10-7-11-23(27-21)28-25;/h1-3,7-13,16-17H,4-6,14-15H2,(H,27,28,31);1H. The Balaban J connectivity index is 0.00000259. The van der Waals surface area contributed by atoms with Crippen molar-refractivity contribution in [2.45, 2.75) is 25.8 Å². The number of fused-ring (bicyclic) bond motifs is 5. The van der Waals surface area contributed by atoms with Gasteiger partial charge in [-0.1, -0.05) is 42.5 Å². The van der Waals surface area contributed by atoms with E-state index in [1.54, 1.807) is 12.4 Å². The fourth-order valence-corrected chi connectivity index (χ4v) is 3.80. The number of benzene rings is 1. The molecule has 0 fully saturated rings. The number of allylic oxidation sites excluding steroid dienone is 6. The smallest absolute Gasteiger partial charge is 0.260 e. The Labute approximate surface area is 187 Å². The Bertz CT molecular complexity index is 1250. The second-order valence-corrected chi connectivity index (χ2v) is 7.66. The number of hydrogen-bond donors (Lipinski definition) is 1. The number of amides is 1. The van der Waals surface area contributed by atoms with Crippen LogP contribution in [0.15, 0.2) is 73.1 Å². The Morgan fingerprint density at radius 2 is 2.09 bits per heavy atom. The quantitative estimate of drug-likeness (QED) is 0.597. The van der Waals surface area contributed by atoms with E-state index in [2.05, 4.69) is 32.7 Å². The number of ether oxygens (including phenoxy) is 1. The number of carbonyl (C=O) groups is 1. The molecule has 0 spiro atoms. The van der Waals surface area contributed by atoms with Gasteiger partial charge in [-0.2, -0.15) is 0 Å². The minimum atomic E-state index is -0.263. The lowest BCUT2D eigenvalue weighted by atomic mass is 10.0. The van der Waals surface area contributed by atoms with E-state index >= 15 is 0 Å². The van der Waals surface area contributed by atoms with Crippen molar-refractivity contribution in [2.24, 2.45) is 0 Å². The SMILES string of the molecule is O=C1Nc2cccc(n2)-c2nncn2CCCCOc2ccc(C3=CCC=CC=C3)cc21.[HH]. The van der Waals surface area contributed by atoms with Crippen molar-refractivity contribution in [2.75, 3.05) is 11.9 Å². The maximum atomic E-state index is 13.3. The number of hydrogen-bond acceptors (Lipinski definition) is 5. The lowest BCUT2D eigenvalue weighted by Crippen LogP contribution is -2.16.